The van der Waals surface area contributed by atoms with Crippen molar-refractivity contribution >= 4 is 11.6 Å². The van der Waals surface area contributed by atoms with E-state index >= 15 is 0 Å². The summed E-state index contributed by atoms with van der Waals surface area (Å²) in [6, 6.07) is 9.80. The van der Waals surface area contributed by atoms with Crippen LogP contribution in [-0.4, -0.2) is 29.9 Å². The lowest BCUT2D eigenvalue weighted by atomic mass is 10.0. The van der Waals surface area contributed by atoms with Crippen LogP contribution in [0.15, 0.2) is 24.3 Å². The fourth-order valence-corrected chi connectivity index (χ4v) is 3.03. The highest BCUT2D eigenvalue weighted by molar-refractivity contribution is 5.92. The molecule has 4 heteroatoms. The zero-order valence-electron chi connectivity index (χ0n) is 12.8. The highest BCUT2D eigenvalue weighted by Crippen LogP contribution is 2.23. The molecule has 1 aliphatic heterocycles. The predicted octanol–water partition coefficient (Wildman–Crippen LogP) is 3.01. The van der Waals surface area contributed by atoms with Gasteiger partial charge in [-0.15, -0.1) is 0 Å². The van der Waals surface area contributed by atoms with E-state index in [9.17, 15) is 4.79 Å². The Hall–Kier alpha value is -1.86. The number of nitrogens with zero attached hydrogens (tertiary/aromatic N) is 2. The van der Waals surface area contributed by atoms with Crippen molar-refractivity contribution in [3.63, 3.8) is 0 Å². The van der Waals surface area contributed by atoms with Gasteiger partial charge in [-0.1, -0.05) is 26.0 Å². The molecule has 1 heterocycles. The number of nitrogens with one attached hydrogen (secondary N) is 1. The highest BCUT2D eigenvalue weighted by Gasteiger charge is 2.26. The summed E-state index contributed by atoms with van der Waals surface area (Å²) >= 11 is 0. The van der Waals surface area contributed by atoms with Crippen LogP contribution in [0.5, 0.6) is 0 Å². The number of anilines is 1. The Labute approximate surface area is 126 Å². The SMILES string of the molecule is CC(C)C1CCCN1CCC(=O)Nc1ccccc1C#N. The molecule has 1 saturated heterocycles. The van der Waals surface area contributed by atoms with Gasteiger partial charge in [0.1, 0.15) is 6.07 Å². The number of amides is 1. The minimum atomic E-state index is -0.0212. The molecular formula is C17H23N3O. The van der Waals surface area contributed by atoms with Gasteiger partial charge in [0, 0.05) is 19.0 Å². The maximum absolute atomic E-state index is 12.1. The monoisotopic (exact) mass is 285 g/mol. The Balaban J connectivity index is 1.87. The van der Waals surface area contributed by atoms with Crippen LogP contribution in [0, 0.1) is 17.2 Å². The Morgan fingerprint density at radius 3 is 2.95 bits per heavy atom. The number of nitriles is 1. The van der Waals surface area contributed by atoms with E-state index in [1.54, 1.807) is 18.2 Å². The lowest BCUT2D eigenvalue weighted by Gasteiger charge is -2.27. The maximum atomic E-state index is 12.1. The molecule has 1 unspecified atom stereocenters. The first-order valence-electron chi connectivity index (χ1n) is 7.65. The van der Waals surface area contributed by atoms with Crippen molar-refractivity contribution in [1.82, 2.24) is 4.90 Å². The molecule has 0 bridgehead atoms. The Kier molecular flexibility index (Phi) is 5.35. The molecular weight excluding hydrogens is 262 g/mol. The van der Waals surface area contributed by atoms with Crippen molar-refractivity contribution in [1.29, 1.82) is 5.26 Å². The Bertz CT molecular complexity index is 533. The molecule has 0 aliphatic carbocycles. The van der Waals surface area contributed by atoms with Crippen molar-refractivity contribution in [2.75, 3.05) is 18.4 Å². The second-order valence-corrected chi connectivity index (χ2v) is 5.95. The minimum absolute atomic E-state index is 0.0212. The van der Waals surface area contributed by atoms with Crippen molar-refractivity contribution in [2.45, 2.75) is 39.2 Å². The van der Waals surface area contributed by atoms with Gasteiger partial charge in [0.25, 0.3) is 0 Å². The van der Waals surface area contributed by atoms with Gasteiger partial charge in [0.15, 0.2) is 0 Å². The molecule has 2 rings (SSSR count). The first-order chi connectivity index (χ1) is 10.1. The molecule has 1 N–H and O–H groups in total. The van der Waals surface area contributed by atoms with Gasteiger partial charge in [-0.05, 0) is 37.4 Å². The van der Waals surface area contributed by atoms with Crippen LogP contribution in [-0.2, 0) is 4.79 Å². The Morgan fingerprint density at radius 1 is 1.48 bits per heavy atom. The molecule has 1 aromatic carbocycles. The van der Waals surface area contributed by atoms with Crippen LogP contribution in [0.2, 0.25) is 0 Å². The summed E-state index contributed by atoms with van der Waals surface area (Å²) < 4.78 is 0. The molecule has 0 spiro atoms. The van der Waals surface area contributed by atoms with Gasteiger partial charge in [0.2, 0.25) is 5.91 Å². The van der Waals surface area contributed by atoms with Crippen LogP contribution in [0.1, 0.15) is 38.7 Å². The molecule has 1 aliphatic rings. The van der Waals surface area contributed by atoms with Gasteiger partial charge < -0.3 is 5.32 Å². The van der Waals surface area contributed by atoms with E-state index in [2.05, 4.69) is 30.1 Å². The smallest absolute Gasteiger partial charge is 0.225 e. The van der Waals surface area contributed by atoms with E-state index in [1.165, 1.54) is 12.8 Å². The maximum Gasteiger partial charge on any atom is 0.225 e. The first kappa shape index (κ1) is 15.5. The van der Waals surface area contributed by atoms with Crippen LogP contribution < -0.4 is 5.32 Å². The molecule has 1 atom stereocenters. The molecule has 0 radical (unpaired) electrons. The summed E-state index contributed by atoms with van der Waals surface area (Å²) in [4.78, 5) is 14.5. The zero-order valence-corrected chi connectivity index (χ0v) is 12.8. The fraction of sp³-hybridized carbons (Fsp3) is 0.529. The minimum Gasteiger partial charge on any atom is -0.325 e. The number of hydrogen-bond donors (Lipinski definition) is 1. The summed E-state index contributed by atoms with van der Waals surface area (Å²) in [5.74, 6) is 0.613. The van der Waals surface area contributed by atoms with Gasteiger partial charge in [-0.25, -0.2) is 0 Å². The highest BCUT2D eigenvalue weighted by atomic mass is 16.1. The van der Waals surface area contributed by atoms with E-state index in [0.29, 0.717) is 29.6 Å². The number of likely N-dealkylation sites (tertiary alicyclic amines) is 1. The molecule has 1 amide bonds. The van der Waals surface area contributed by atoms with Crippen LogP contribution in [0.4, 0.5) is 5.69 Å². The summed E-state index contributed by atoms with van der Waals surface area (Å²) in [5, 5.41) is 11.9. The number of benzene rings is 1. The lowest BCUT2D eigenvalue weighted by molar-refractivity contribution is -0.116. The lowest BCUT2D eigenvalue weighted by Crippen LogP contribution is -2.35. The third kappa shape index (κ3) is 4.05. The van der Waals surface area contributed by atoms with Gasteiger partial charge in [0.05, 0.1) is 11.3 Å². The van der Waals surface area contributed by atoms with E-state index in [4.69, 9.17) is 5.26 Å². The summed E-state index contributed by atoms with van der Waals surface area (Å²) in [6.45, 7) is 6.37. The van der Waals surface area contributed by atoms with Crippen LogP contribution in [0.25, 0.3) is 0 Å². The van der Waals surface area contributed by atoms with Gasteiger partial charge in [-0.3, -0.25) is 9.69 Å². The summed E-state index contributed by atoms with van der Waals surface area (Å²) in [7, 11) is 0. The molecule has 21 heavy (non-hydrogen) atoms. The first-order valence-corrected chi connectivity index (χ1v) is 7.65. The zero-order chi connectivity index (χ0) is 15.2. The third-order valence-corrected chi connectivity index (χ3v) is 4.13. The molecule has 1 fully saturated rings. The van der Waals surface area contributed by atoms with Crippen molar-refractivity contribution in [3.05, 3.63) is 29.8 Å². The average molecular weight is 285 g/mol. The van der Waals surface area contributed by atoms with E-state index < -0.39 is 0 Å². The van der Waals surface area contributed by atoms with E-state index in [1.807, 2.05) is 6.07 Å². The second kappa shape index (κ2) is 7.24. The van der Waals surface area contributed by atoms with Crippen molar-refractivity contribution in [2.24, 2.45) is 5.92 Å². The number of hydrogen-bond acceptors (Lipinski definition) is 3. The molecule has 4 nitrogen and oxygen atoms in total. The van der Waals surface area contributed by atoms with Crippen LogP contribution in [0.3, 0.4) is 0 Å². The van der Waals surface area contributed by atoms with E-state index in [0.717, 1.165) is 13.1 Å². The van der Waals surface area contributed by atoms with Crippen molar-refractivity contribution < 1.29 is 4.79 Å². The molecule has 112 valence electrons. The topological polar surface area (TPSA) is 56.1 Å². The number of carbonyl (C=O) groups excluding carboxylic acids is 1. The molecule has 1 aromatic rings. The quantitative estimate of drug-likeness (QED) is 0.904. The number of rotatable bonds is 5. The third-order valence-electron chi connectivity index (χ3n) is 4.13. The average Bonchev–Trinajstić information content (AvgIpc) is 2.94. The van der Waals surface area contributed by atoms with Crippen molar-refractivity contribution in [3.8, 4) is 6.07 Å². The fourth-order valence-electron chi connectivity index (χ4n) is 3.03. The normalized spacial score (nSPS) is 18.7. The number of carbonyl (C=O) groups is 1. The van der Waals surface area contributed by atoms with Gasteiger partial charge >= 0.3 is 0 Å². The standard InChI is InChI=1S/C17H23N3O/c1-13(2)16-8-5-10-20(16)11-9-17(21)19-15-7-4-3-6-14(15)12-18/h3-4,6-7,13,16H,5,8-11H2,1-2H3,(H,19,21). The van der Waals surface area contributed by atoms with Gasteiger partial charge in [-0.2, -0.15) is 5.26 Å². The molecule has 0 aromatic heterocycles. The van der Waals surface area contributed by atoms with E-state index in [-0.39, 0.29) is 5.91 Å². The summed E-state index contributed by atoms with van der Waals surface area (Å²) in [6.07, 6.45) is 2.93. The molecule has 0 saturated carbocycles. The Morgan fingerprint density at radius 2 is 2.24 bits per heavy atom. The second-order valence-electron chi connectivity index (χ2n) is 5.95. The van der Waals surface area contributed by atoms with Crippen LogP contribution >= 0.6 is 0 Å². The largest absolute Gasteiger partial charge is 0.325 e. The predicted molar refractivity (Wildman–Crippen MR) is 83.8 cm³/mol. The summed E-state index contributed by atoms with van der Waals surface area (Å²) in [5.41, 5.74) is 1.11. The number of para-hydroxylation sites is 1.